The van der Waals surface area contributed by atoms with Gasteiger partial charge in [0.15, 0.2) is 0 Å². The summed E-state index contributed by atoms with van der Waals surface area (Å²) in [7, 11) is 0. The van der Waals surface area contributed by atoms with Gasteiger partial charge >= 0.3 is 0 Å². The van der Waals surface area contributed by atoms with Crippen LogP contribution in [0.2, 0.25) is 0 Å². The van der Waals surface area contributed by atoms with Gasteiger partial charge in [0, 0.05) is 12.4 Å². The molecule has 4 nitrogen and oxygen atoms in total. The van der Waals surface area contributed by atoms with Gasteiger partial charge in [-0.2, -0.15) is 0 Å². The summed E-state index contributed by atoms with van der Waals surface area (Å²) in [5.41, 5.74) is 0.930. The largest absolute Gasteiger partial charge is 0.274 e. The molecule has 100 valence electrons. The van der Waals surface area contributed by atoms with Gasteiger partial charge in [0.05, 0.1) is 17.5 Å². The lowest BCUT2D eigenvalue weighted by atomic mass is 9.85. The van der Waals surface area contributed by atoms with Crippen LogP contribution in [0.15, 0.2) is 36.7 Å². The normalized spacial score (nSPS) is 38.9. The molecule has 2 amide bonds. The standard InChI is InChI=1S/C16H14N2O2/c19-14-12-10-1-2-11(16(10)5-6-16)13(12)15(20)18(14)9-3-7-17-8-4-9/h1-4,7-8,10-13H,5-6H2/t10-,11-,12-,13-/m1/s1. The Balaban J connectivity index is 1.60. The second-order valence-electron chi connectivity index (χ2n) is 6.44. The first-order chi connectivity index (χ1) is 9.74. The molecule has 0 unspecified atom stereocenters. The van der Waals surface area contributed by atoms with Crippen molar-refractivity contribution in [3.05, 3.63) is 36.7 Å². The Morgan fingerprint density at radius 2 is 1.55 bits per heavy atom. The molecule has 4 aliphatic rings. The average Bonchev–Trinajstić information content (AvgIpc) is 3.06. The molecule has 0 aromatic carbocycles. The van der Waals surface area contributed by atoms with Crippen LogP contribution in [0, 0.1) is 29.1 Å². The van der Waals surface area contributed by atoms with Gasteiger partial charge in [0.25, 0.3) is 0 Å². The molecule has 2 heterocycles. The van der Waals surface area contributed by atoms with Gasteiger partial charge < -0.3 is 0 Å². The summed E-state index contributed by atoms with van der Waals surface area (Å²) in [4.78, 5) is 30.8. The fourth-order valence-electron chi connectivity index (χ4n) is 4.83. The Bertz CT molecular complexity index is 628. The highest BCUT2D eigenvalue weighted by Gasteiger charge is 2.73. The number of aromatic nitrogens is 1. The highest BCUT2D eigenvalue weighted by molar-refractivity contribution is 6.23. The Hall–Kier alpha value is -1.97. The maximum absolute atomic E-state index is 12.8. The van der Waals surface area contributed by atoms with E-state index in [-0.39, 0.29) is 29.1 Å². The predicted molar refractivity (Wildman–Crippen MR) is 71.5 cm³/mol. The zero-order valence-electron chi connectivity index (χ0n) is 10.9. The lowest BCUT2D eigenvalue weighted by Gasteiger charge is -2.21. The maximum atomic E-state index is 12.8. The summed E-state index contributed by atoms with van der Waals surface area (Å²) in [5.74, 6) is 0.339. The molecule has 1 aromatic heterocycles. The summed E-state index contributed by atoms with van der Waals surface area (Å²) >= 11 is 0. The fourth-order valence-corrected chi connectivity index (χ4v) is 4.83. The number of hydrogen-bond donors (Lipinski definition) is 0. The first-order valence-electron chi connectivity index (χ1n) is 7.20. The first kappa shape index (κ1) is 10.8. The number of hydrogen-bond acceptors (Lipinski definition) is 3. The van der Waals surface area contributed by atoms with E-state index < -0.39 is 0 Å². The molecule has 5 rings (SSSR count). The third-order valence-corrected chi connectivity index (χ3v) is 5.77. The number of imide groups is 1. The van der Waals surface area contributed by atoms with E-state index >= 15 is 0 Å². The van der Waals surface area contributed by atoms with Crippen molar-refractivity contribution in [3.8, 4) is 0 Å². The van der Waals surface area contributed by atoms with Crippen molar-refractivity contribution in [3.63, 3.8) is 0 Å². The molecule has 1 spiro atoms. The molecule has 20 heavy (non-hydrogen) atoms. The van der Waals surface area contributed by atoms with E-state index in [1.807, 2.05) is 0 Å². The van der Waals surface area contributed by atoms with E-state index in [9.17, 15) is 9.59 Å². The second-order valence-corrected chi connectivity index (χ2v) is 6.44. The molecule has 3 aliphatic carbocycles. The molecule has 2 bridgehead atoms. The quantitative estimate of drug-likeness (QED) is 0.575. The SMILES string of the molecule is O=C1[C@H]2[C@H](C(=O)N1c1ccncc1)[C@H]1C=C[C@H]2C12CC2. The fraction of sp³-hybridized carbons (Fsp3) is 0.438. The highest BCUT2D eigenvalue weighted by Crippen LogP contribution is 2.73. The lowest BCUT2D eigenvalue weighted by molar-refractivity contribution is -0.123. The molecule has 4 heteroatoms. The van der Waals surface area contributed by atoms with Gasteiger partial charge in [-0.3, -0.25) is 14.6 Å². The molecule has 0 N–H and O–H groups in total. The molecule has 2 saturated carbocycles. The van der Waals surface area contributed by atoms with Crippen LogP contribution in [-0.2, 0) is 9.59 Å². The van der Waals surface area contributed by atoms with Crippen LogP contribution in [-0.4, -0.2) is 16.8 Å². The van der Waals surface area contributed by atoms with Crippen LogP contribution < -0.4 is 4.90 Å². The zero-order valence-corrected chi connectivity index (χ0v) is 10.9. The van der Waals surface area contributed by atoms with Crippen molar-refractivity contribution in [2.24, 2.45) is 29.1 Å². The van der Waals surface area contributed by atoms with Crippen molar-refractivity contribution in [2.75, 3.05) is 4.90 Å². The minimum atomic E-state index is -0.117. The van der Waals surface area contributed by atoms with E-state index in [4.69, 9.17) is 0 Å². The van der Waals surface area contributed by atoms with Gasteiger partial charge in [0.2, 0.25) is 11.8 Å². The molecular weight excluding hydrogens is 252 g/mol. The summed E-state index contributed by atoms with van der Waals surface area (Å²) in [6, 6.07) is 3.47. The second kappa shape index (κ2) is 3.19. The van der Waals surface area contributed by atoms with Gasteiger partial charge in [-0.15, -0.1) is 0 Å². The minimum absolute atomic E-state index is 0.00525. The minimum Gasteiger partial charge on any atom is -0.274 e. The Labute approximate surface area is 116 Å². The number of pyridine rings is 1. The number of rotatable bonds is 1. The van der Waals surface area contributed by atoms with Crippen molar-refractivity contribution >= 4 is 17.5 Å². The summed E-state index contributed by atoms with van der Waals surface area (Å²) in [5, 5.41) is 0. The topological polar surface area (TPSA) is 50.3 Å². The van der Waals surface area contributed by atoms with Crippen LogP contribution >= 0.6 is 0 Å². The van der Waals surface area contributed by atoms with Crippen LogP contribution in [0.3, 0.4) is 0 Å². The van der Waals surface area contributed by atoms with E-state index in [1.165, 1.54) is 17.7 Å². The third-order valence-electron chi connectivity index (χ3n) is 5.77. The highest BCUT2D eigenvalue weighted by atomic mass is 16.2. The van der Waals surface area contributed by atoms with Crippen molar-refractivity contribution < 1.29 is 9.59 Å². The van der Waals surface area contributed by atoms with Gasteiger partial charge in [-0.25, -0.2) is 4.90 Å². The number of anilines is 1. The molecule has 1 aromatic rings. The van der Waals surface area contributed by atoms with E-state index in [0.29, 0.717) is 17.5 Å². The monoisotopic (exact) mass is 266 g/mol. The molecule has 4 atom stereocenters. The van der Waals surface area contributed by atoms with E-state index in [1.54, 1.807) is 24.5 Å². The van der Waals surface area contributed by atoms with Gasteiger partial charge in [0.1, 0.15) is 0 Å². The lowest BCUT2D eigenvalue weighted by Crippen LogP contribution is -2.34. The number of carbonyl (C=O) groups excluding carboxylic acids is 2. The van der Waals surface area contributed by atoms with Crippen molar-refractivity contribution in [1.29, 1.82) is 0 Å². The number of carbonyl (C=O) groups is 2. The summed E-state index contributed by atoms with van der Waals surface area (Å²) in [6.07, 6.45) is 9.99. The van der Waals surface area contributed by atoms with E-state index in [0.717, 1.165) is 0 Å². The molecule has 3 fully saturated rings. The molecule has 0 radical (unpaired) electrons. The Morgan fingerprint density at radius 3 is 2.05 bits per heavy atom. The van der Waals surface area contributed by atoms with Crippen LogP contribution in [0.4, 0.5) is 5.69 Å². The third kappa shape index (κ3) is 1.00. The molecule has 1 aliphatic heterocycles. The molecular formula is C16H14N2O2. The zero-order chi connectivity index (χ0) is 13.5. The first-order valence-corrected chi connectivity index (χ1v) is 7.20. The molecule has 1 saturated heterocycles. The van der Waals surface area contributed by atoms with Crippen molar-refractivity contribution in [2.45, 2.75) is 12.8 Å². The summed E-state index contributed by atoms with van der Waals surface area (Å²) < 4.78 is 0. The number of allylic oxidation sites excluding steroid dienone is 2. The average molecular weight is 266 g/mol. The van der Waals surface area contributed by atoms with E-state index in [2.05, 4.69) is 17.1 Å². The van der Waals surface area contributed by atoms with Crippen molar-refractivity contribution in [1.82, 2.24) is 4.98 Å². The predicted octanol–water partition coefficient (Wildman–Crippen LogP) is 1.78. The van der Waals surface area contributed by atoms with Crippen LogP contribution in [0.25, 0.3) is 0 Å². The van der Waals surface area contributed by atoms with Gasteiger partial charge in [-0.05, 0) is 42.2 Å². The Kier molecular flexibility index (Phi) is 1.72. The summed E-state index contributed by atoms with van der Waals surface area (Å²) in [6.45, 7) is 0. The number of amides is 2. The smallest absolute Gasteiger partial charge is 0.238 e. The van der Waals surface area contributed by atoms with Crippen LogP contribution in [0.5, 0.6) is 0 Å². The van der Waals surface area contributed by atoms with Crippen LogP contribution in [0.1, 0.15) is 12.8 Å². The van der Waals surface area contributed by atoms with Gasteiger partial charge in [-0.1, -0.05) is 12.2 Å². The maximum Gasteiger partial charge on any atom is 0.238 e. The number of fused-ring (bicyclic) bond motifs is 3. The number of nitrogens with zero attached hydrogens (tertiary/aromatic N) is 2. The Morgan fingerprint density at radius 1 is 1.00 bits per heavy atom.